The molecule has 4 rings (SSSR count). The molecule has 1 aromatic heterocycles. The highest BCUT2D eigenvalue weighted by Gasteiger charge is 2.13. The number of nitrogens with zero attached hydrogens (tertiary/aromatic N) is 2. The van der Waals surface area contributed by atoms with Crippen molar-refractivity contribution in [1.29, 1.82) is 0 Å². The van der Waals surface area contributed by atoms with Crippen LogP contribution in [0.2, 0.25) is 5.02 Å². The third-order valence-electron chi connectivity index (χ3n) is 3.60. The Kier molecular flexibility index (Phi) is 3.16. The summed E-state index contributed by atoms with van der Waals surface area (Å²) in [4.78, 5) is 0. The lowest BCUT2D eigenvalue weighted by Gasteiger charge is -2.10. The van der Waals surface area contributed by atoms with Gasteiger partial charge < -0.3 is 10.1 Å². The molecule has 0 aliphatic carbocycles. The Bertz CT molecular complexity index is 818. The van der Waals surface area contributed by atoms with Gasteiger partial charge in [-0.3, -0.25) is 0 Å². The third kappa shape index (κ3) is 2.32. The van der Waals surface area contributed by atoms with E-state index in [0.29, 0.717) is 11.6 Å². The zero-order valence-corrected chi connectivity index (χ0v) is 12.7. The molecule has 1 aliphatic heterocycles. The van der Waals surface area contributed by atoms with Crippen molar-refractivity contribution in [2.75, 3.05) is 11.9 Å². The van der Waals surface area contributed by atoms with E-state index in [-0.39, 0.29) is 0 Å². The summed E-state index contributed by atoms with van der Waals surface area (Å²) in [5.74, 6) is 1.00. The number of halogens is 1. The average molecular weight is 318 g/mol. The largest absolute Gasteiger partial charge is 0.493 e. The molecule has 106 valence electrons. The first-order valence-corrected chi connectivity index (χ1v) is 7.81. The highest BCUT2D eigenvalue weighted by Crippen LogP contribution is 2.31. The van der Waals surface area contributed by atoms with Crippen LogP contribution in [0.1, 0.15) is 11.1 Å². The predicted octanol–water partition coefficient (Wildman–Crippen LogP) is 3.89. The second-order valence-electron chi connectivity index (χ2n) is 4.95. The summed E-state index contributed by atoms with van der Waals surface area (Å²) in [6.07, 6.45) is 0.982. The van der Waals surface area contributed by atoms with E-state index in [1.54, 1.807) is 0 Å². The van der Waals surface area contributed by atoms with Crippen molar-refractivity contribution in [3.05, 3.63) is 46.5 Å². The van der Waals surface area contributed by atoms with Crippen LogP contribution in [0.4, 0.5) is 5.69 Å². The molecular formula is C15H12ClN3OS. The molecule has 0 atom stereocenters. The Morgan fingerprint density at radius 1 is 1.24 bits per heavy atom. The van der Waals surface area contributed by atoms with Crippen molar-refractivity contribution in [1.82, 2.24) is 8.75 Å². The van der Waals surface area contributed by atoms with Crippen LogP contribution in [0, 0.1) is 0 Å². The van der Waals surface area contributed by atoms with Gasteiger partial charge in [0.15, 0.2) is 0 Å². The summed E-state index contributed by atoms with van der Waals surface area (Å²) in [5, 5.41) is 4.05. The molecule has 6 heteroatoms. The van der Waals surface area contributed by atoms with Gasteiger partial charge in [0.2, 0.25) is 0 Å². The average Bonchev–Trinajstić information content (AvgIpc) is 3.14. The van der Waals surface area contributed by atoms with E-state index < -0.39 is 0 Å². The van der Waals surface area contributed by atoms with E-state index in [4.69, 9.17) is 16.3 Å². The van der Waals surface area contributed by atoms with Crippen LogP contribution >= 0.6 is 23.3 Å². The normalized spacial score (nSPS) is 13.2. The van der Waals surface area contributed by atoms with Gasteiger partial charge in [0.1, 0.15) is 16.8 Å². The van der Waals surface area contributed by atoms with Crippen molar-refractivity contribution >= 4 is 40.0 Å². The molecule has 21 heavy (non-hydrogen) atoms. The summed E-state index contributed by atoms with van der Waals surface area (Å²) in [5.41, 5.74) is 5.02. The van der Waals surface area contributed by atoms with Gasteiger partial charge >= 0.3 is 0 Å². The minimum atomic E-state index is 0.666. The Labute approximate surface area is 131 Å². The van der Waals surface area contributed by atoms with Crippen LogP contribution < -0.4 is 10.1 Å². The SMILES string of the molecule is Clc1ccc2nsnc2c1NCc1ccc2c(c1)CCO2. The second-order valence-corrected chi connectivity index (χ2v) is 5.88. The number of ether oxygens (including phenoxy) is 1. The molecule has 0 amide bonds. The number of benzene rings is 2. The fourth-order valence-electron chi connectivity index (χ4n) is 2.54. The zero-order valence-electron chi connectivity index (χ0n) is 11.1. The van der Waals surface area contributed by atoms with Gasteiger partial charge in [-0.1, -0.05) is 23.7 Å². The summed E-state index contributed by atoms with van der Waals surface area (Å²) < 4.78 is 14.1. The third-order valence-corrected chi connectivity index (χ3v) is 4.46. The number of hydrogen-bond donors (Lipinski definition) is 1. The lowest BCUT2D eigenvalue weighted by molar-refractivity contribution is 0.357. The van der Waals surface area contributed by atoms with Crippen LogP contribution in [0.15, 0.2) is 30.3 Å². The minimum Gasteiger partial charge on any atom is -0.493 e. The first-order chi connectivity index (χ1) is 10.3. The topological polar surface area (TPSA) is 47.0 Å². The Balaban J connectivity index is 1.61. The maximum atomic E-state index is 6.27. The number of hydrogen-bond acceptors (Lipinski definition) is 5. The lowest BCUT2D eigenvalue weighted by atomic mass is 10.1. The standard InChI is InChI=1S/C15H12ClN3OS/c16-11-2-3-12-15(19-21-18-12)14(11)17-8-9-1-4-13-10(7-9)5-6-20-13/h1-4,7,17H,5-6,8H2. The molecule has 3 aromatic rings. The molecule has 1 N–H and O–H groups in total. The fourth-order valence-corrected chi connectivity index (χ4v) is 3.30. The quantitative estimate of drug-likeness (QED) is 0.796. The van der Waals surface area contributed by atoms with Gasteiger partial charge in [0.25, 0.3) is 0 Å². The highest BCUT2D eigenvalue weighted by atomic mass is 35.5. The lowest BCUT2D eigenvalue weighted by Crippen LogP contribution is -2.01. The first-order valence-electron chi connectivity index (χ1n) is 6.70. The van der Waals surface area contributed by atoms with Gasteiger partial charge in [0.05, 0.1) is 29.0 Å². The Morgan fingerprint density at radius 3 is 3.14 bits per heavy atom. The molecule has 0 fully saturated rings. The Morgan fingerprint density at radius 2 is 2.19 bits per heavy atom. The van der Waals surface area contributed by atoms with E-state index >= 15 is 0 Å². The van der Waals surface area contributed by atoms with Crippen LogP contribution in [-0.4, -0.2) is 15.4 Å². The van der Waals surface area contributed by atoms with Crippen LogP contribution in [0.25, 0.3) is 11.0 Å². The van der Waals surface area contributed by atoms with Gasteiger partial charge in [-0.2, -0.15) is 8.75 Å². The van der Waals surface area contributed by atoms with Gasteiger partial charge in [-0.15, -0.1) is 0 Å². The van der Waals surface area contributed by atoms with Crippen molar-refractivity contribution in [3.8, 4) is 5.75 Å². The van der Waals surface area contributed by atoms with E-state index in [0.717, 1.165) is 35.5 Å². The highest BCUT2D eigenvalue weighted by molar-refractivity contribution is 7.00. The number of nitrogens with one attached hydrogen (secondary N) is 1. The summed E-state index contributed by atoms with van der Waals surface area (Å²) in [6.45, 7) is 1.48. The van der Waals surface area contributed by atoms with Crippen molar-refractivity contribution in [2.24, 2.45) is 0 Å². The molecule has 0 bridgehead atoms. The molecule has 0 saturated heterocycles. The van der Waals surface area contributed by atoms with Gasteiger partial charge in [-0.25, -0.2) is 0 Å². The van der Waals surface area contributed by atoms with E-state index in [1.165, 1.54) is 22.9 Å². The van der Waals surface area contributed by atoms with Gasteiger partial charge in [-0.05, 0) is 29.3 Å². The summed E-state index contributed by atoms with van der Waals surface area (Å²) in [7, 11) is 0. The van der Waals surface area contributed by atoms with Crippen molar-refractivity contribution < 1.29 is 4.74 Å². The molecule has 1 aliphatic rings. The predicted molar refractivity (Wildman–Crippen MR) is 85.4 cm³/mol. The van der Waals surface area contributed by atoms with Crippen molar-refractivity contribution in [3.63, 3.8) is 0 Å². The van der Waals surface area contributed by atoms with Crippen molar-refractivity contribution in [2.45, 2.75) is 13.0 Å². The molecule has 2 aromatic carbocycles. The smallest absolute Gasteiger partial charge is 0.129 e. The summed E-state index contributed by atoms with van der Waals surface area (Å²) in [6, 6.07) is 10.0. The Hall–Kier alpha value is -1.85. The molecular weight excluding hydrogens is 306 g/mol. The second kappa shape index (κ2) is 5.16. The van der Waals surface area contributed by atoms with E-state index in [1.807, 2.05) is 18.2 Å². The van der Waals surface area contributed by atoms with Crippen LogP contribution in [0.3, 0.4) is 0 Å². The maximum absolute atomic E-state index is 6.27. The molecule has 0 saturated carbocycles. The van der Waals surface area contributed by atoms with E-state index in [2.05, 4.69) is 26.2 Å². The molecule has 4 nitrogen and oxygen atoms in total. The molecule has 0 unspecified atom stereocenters. The number of rotatable bonds is 3. The summed E-state index contributed by atoms with van der Waals surface area (Å²) >= 11 is 7.47. The van der Waals surface area contributed by atoms with Crippen LogP contribution in [0.5, 0.6) is 5.75 Å². The maximum Gasteiger partial charge on any atom is 0.129 e. The molecule has 2 heterocycles. The molecule has 0 spiro atoms. The zero-order chi connectivity index (χ0) is 14.2. The van der Waals surface area contributed by atoms with Crippen LogP contribution in [-0.2, 0) is 13.0 Å². The van der Waals surface area contributed by atoms with E-state index in [9.17, 15) is 0 Å². The number of anilines is 1. The number of aromatic nitrogens is 2. The monoisotopic (exact) mass is 317 g/mol. The fraction of sp³-hybridized carbons (Fsp3) is 0.200. The minimum absolute atomic E-state index is 0.666. The van der Waals surface area contributed by atoms with Gasteiger partial charge in [0, 0.05) is 13.0 Å². The first kappa shape index (κ1) is 12.9. The number of fused-ring (bicyclic) bond motifs is 2. The molecule has 0 radical (unpaired) electrons.